The molecule has 0 aliphatic heterocycles. The van der Waals surface area contributed by atoms with E-state index in [2.05, 4.69) is 35.4 Å². The Balaban J connectivity index is 1.86. The highest BCUT2D eigenvalue weighted by Crippen LogP contribution is 2.29. The first kappa shape index (κ1) is 16.3. The van der Waals surface area contributed by atoms with Crippen LogP contribution >= 0.6 is 0 Å². The molecule has 3 aromatic rings. The number of aromatic amines is 1. The third-order valence-corrected chi connectivity index (χ3v) is 4.30. The first-order chi connectivity index (χ1) is 11.8. The summed E-state index contributed by atoms with van der Waals surface area (Å²) in [6.45, 7) is 2.86. The number of fused-ring (bicyclic) bond motifs is 1. The second-order valence-electron chi connectivity index (χ2n) is 6.14. The van der Waals surface area contributed by atoms with Gasteiger partial charge in [0.05, 0.1) is 5.69 Å². The summed E-state index contributed by atoms with van der Waals surface area (Å²) < 4.78 is 0. The van der Waals surface area contributed by atoms with Crippen molar-refractivity contribution in [3.05, 3.63) is 65.9 Å². The largest absolute Gasteiger partial charge is 0.379 e. The molecule has 3 nitrogen and oxygen atoms in total. The number of rotatable bonds is 8. The monoisotopic (exact) mass is 320 g/mol. The van der Waals surface area contributed by atoms with E-state index < -0.39 is 0 Å². The van der Waals surface area contributed by atoms with Crippen molar-refractivity contribution in [3.8, 4) is 0 Å². The summed E-state index contributed by atoms with van der Waals surface area (Å²) in [5.74, 6) is 0.190. The van der Waals surface area contributed by atoms with Gasteiger partial charge in [0.1, 0.15) is 5.69 Å². The summed E-state index contributed by atoms with van der Waals surface area (Å²) in [5.41, 5.74) is 3.85. The number of para-hydroxylation sites is 1. The van der Waals surface area contributed by atoms with Crippen LogP contribution in [0, 0.1) is 0 Å². The van der Waals surface area contributed by atoms with Gasteiger partial charge in [-0.1, -0.05) is 68.3 Å². The fourth-order valence-corrected chi connectivity index (χ4v) is 2.98. The van der Waals surface area contributed by atoms with E-state index in [0.29, 0.717) is 18.7 Å². The smallest absolute Gasteiger partial charge is 0.181 e. The Labute approximate surface area is 143 Å². The lowest BCUT2D eigenvalue weighted by atomic mass is 10.1. The van der Waals surface area contributed by atoms with Crippen LogP contribution in [0.4, 0.5) is 5.69 Å². The number of benzene rings is 2. The van der Waals surface area contributed by atoms with Gasteiger partial charge in [0.25, 0.3) is 0 Å². The highest BCUT2D eigenvalue weighted by molar-refractivity contribution is 6.09. The van der Waals surface area contributed by atoms with Gasteiger partial charge in [-0.15, -0.1) is 0 Å². The summed E-state index contributed by atoms with van der Waals surface area (Å²) in [4.78, 5) is 16.0. The van der Waals surface area contributed by atoms with Crippen LogP contribution in [0.5, 0.6) is 0 Å². The van der Waals surface area contributed by atoms with Crippen LogP contribution in [0.3, 0.4) is 0 Å². The normalized spacial score (nSPS) is 10.9. The molecule has 124 valence electrons. The second kappa shape index (κ2) is 7.82. The number of ketones is 1. The first-order valence-electron chi connectivity index (χ1n) is 8.71. The molecule has 0 saturated heterocycles. The Morgan fingerprint density at radius 3 is 2.54 bits per heavy atom. The molecule has 3 rings (SSSR count). The van der Waals surface area contributed by atoms with Crippen molar-refractivity contribution >= 4 is 22.4 Å². The predicted molar refractivity (Wildman–Crippen MR) is 101 cm³/mol. The highest BCUT2D eigenvalue weighted by Gasteiger charge is 2.17. The van der Waals surface area contributed by atoms with E-state index in [1.54, 1.807) is 0 Å². The number of anilines is 1. The molecule has 0 aliphatic carbocycles. The van der Waals surface area contributed by atoms with Crippen LogP contribution in [0.1, 0.15) is 48.7 Å². The highest BCUT2D eigenvalue weighted by atomic mass is 16.1. The maximum Gasteiger partial charge on any atom is 0.181 e. The van der Waals surface area contributed by atoms with Crippen molar-refractivity contribution in [1.82, 2.24) is 4.98 Å². The Kier molecular flexibility index (Phi) is 5.32. The average Bonchev–Trinajstić information content (AvgIpc) is 3.00. The molecule has 24 heavy (non-hydrogen) atoms. The minimum Gasteiger partial charge on any atom is -0.379 e. The van der Waals surface area contributed by atoms with E-state index in [9.17, 15) is 4.79 Å². The van der Waals surface area contributed by atoms with Crippen molar-refractivity contribution in [1.29, 1.82) is 0 Å². The van der Waals surface area contributed by atoms with Crippen LogP contribution in [-0.2, 0) is 6.54 Å². The first-order valence-corrected chi connectivity index (χ1v) is 8.71. The van der Waals surface area contributed by atoms with E-state index in [0.717, 1.165) is 35.9 Å². The predicted octanol–water partition coefficient (Wildman–Crippen LogP) is 5.54. The fraction of sp³-hybridized carbons (Fsp3) is 0.286. The molecule has 0 atom stereocenters. The Bertz CT molecular complexity index is 805. The number of unbranched alkanes of at least 4 members (excludes halogenated alkanes) is 2. The Morgan fingerprint density at radius 1 is 1.00 bits per heavy atom. The number of carbonyl (C=O) groups excluding carboxylic acids is 1. The molecule has 0 aliphatic rings. The molecule has 0 radical (unpaired) electrons. The molecule has 2 N–H and O–H groups in total. The zero-order valence-electron chi connectivity index (χ0n) is 14.1. The lowest BCUT2D eigenvalue weighted by Gasteiger charge is -2.08. The van der Waals surface area contributed by atoms with Crippen molar-refractivity contribution in [2.75, 3.05) is 5.32 Å². The van der Waals surface area contributed by atoms with Crippen molar-refractivity contribution in [3.63, 3.8) is 0 Å². The third kappa shape index (κ3) is 3.67. The Hall–Kier alpha value is -2.55. The fourth-order valence-electron chi connectivity index (χ4n) is 2.98. The summed E-state index contributed by atoms with van der Waals surface area (Å²) >= 11 is 0. The second-order valence-corrected chi connectivity index (χ2v) is 6.14. The molecule has 0 bridgehead atoms. The zero-order valence-corrected chi connectivity index (χ0v) is 14.1. The minimum atomic E-state index is 0.190. The van der Waals surface area contributed by atoms with Gasteiger partial charge >= 0.3 is 0 Å². The van der Waals surface area contributed by atoms with Crippen molar-refractivity contribution in [2.45, 2.75) is 39.2 Å². The number of carbonyl (C=O) groups is 1. The summed E-state index contributed by atoms with van der Waals surface area (Å²) in [7, 11) is 0. The summed E-state index contributed by atoms with van der Waals surface area (Å²) in [5, 5.41) is 4.55. The number of Topliss-reactive ketones (excluding diaryl/α,β-unsaturated/α-hetero) is 1. The molecule has 0 saturated carbocycles. The molecule has 0 fully saturated rings. The SMILES string of the molecule is CCCCCC(=O)c1[nH]c2ccccc2c1NCc1ccccc1. The van der Waals surface area contributed by atoms with Gasteiger partial charge in [-0.3, -0.25) is 4.79 Å². The zero-order chi connectivity index (χ0) is 16.8. The number of aromatic nitrogens is 1. The van der Waals surface area contributed by atoms with Gasteiger partial charge < -0.3 is 10.3 Å². The Morgan fingerprint density at radius 2 is 1.75 bits per heavy atom. The lowest BCUT2D eigenvalue weighted by Crippen LogP contribution is -2.06. The van der Waals surface area contributed by atoms with Crippen LogP contribution in [0.25, 0.3) is 10.9 Å². The molecular weight excluding hydrogens is 296 g/mol. The molecule has 0 amide bonds. The van der Waals surface area contributed by atoms with E-state index in [-0.39, 0.29) is 5.78 Å². The number of hydrogen-bond donors (Lipinski definition) is 2. The molecule has 0 spiro atoms. The van der Waals surface area contributed by atoms with Crippen LogP contribution in [-0.4, -0.2) is 10.8 Å². The van der Waals surface area contributed by atoms with Crippen LogP contribution < -0.4 is 5.32 Å². The average molecular weight is 320 g/mol. The minimum absolute atomic E-state index is 0.190. The summed E-state index contributed by atoms with van der Waals surface area (Å²) in [6, 6.07) is 18.3. The van der Waals surface area contributed by atoms with Gasteiger partial charge in [0.15, 0.2) is 5.78 Å². The van der Waals surface area contributed by atoms with Gasteiger partial charge in [-0.05, 0) is 18.1 Å². The van der Waals surface area contributed by atoms with E-state index >= 15 is 0 Å². The van der Waals surface area contributed by atoms with Gasteiger partial charge in [0.2, 0.25) is 0 Å². The van der Waals surface area contributed by atoms with Gasteiger partial charge in [0, 0.05) is 23.9 Å². The molecule has 1 aromatic heterocycles. The molecule has 3 heteroatoms. The van der Waals surface area contributed by atoms with E-state index in [1.165, 1.54) is 5.56 Å². The topological polar surface area (TPSA) is 44.9 Å². The number of H-pyrrole nitrogens is 1. The molecular formula is C21H24N2O. The third-order valence-electron chi connectivity index (χ3n) is 4.30. The molecule has 1 heterocycles. The number of hydrogen-bond acceptors (Lipinski definition) is 2. The van der Waals surface area contributed by atoms with Crippen molar-refractivity contribution in [2.24, 2.45) is 0 Å². The standard InChI is InChI=1S/C21H24N2O/c1-2-3-5-14-19(24)21-20(17-12-8-9-13-18(17)23-21)22-15-16-10-6-4-7-11-16/h4,6-13,22-23H,2-3,5,14-15H2,1H3. The maximum absolute atomic E-state index is 12.7. The van der Waals surface area contributed by atoms with E-state index in [4.69, 9.17) is 0 Å². The maximum atomic E-state index is 12.7. The molecule has 2 aromatic carbocycles. The van der Waals surface area contributed by atoms with Crippen LogP contribution in [0.2, 0.25) is 0 Å². The van der Waals surface area contributed by atoms with Gasteiger partial charge in [-0.25, -0.2) is 0 Å². The number of nitrogens with one attached hydrogen (secondary N) is 2. The van der Waals surface area contributed by atoms with Gasteiger partial charge in [-0.2, -0.15) is 0 Å². The van der Waals surface area contributed by atoms with Crippen molar-refractivity contribution < 1.29 is 4.79 Å². The quantitative estimate of drug-likeness (QED) is 0.422. The van der Waals surface area contributed by atoms with E-state index in [1.807, 2.05) is 36.4 Å². The lowest BCUT2D eigenvalue weighted by molar-refractivity contribution is 0.0976. The molecule has 0 unspecified atom stereocenters. The summed E-state index contributed by atoms with van der Waals surface area (Å²) in [6.07, 6.45) is 3.77. The van der Waals surface area contributed by atoms with Crippen LogP contribution in [0.15, 0.2) is 54.6 Å².